The number of ether oxygens (including phenoxy) is 1. The Morgan fingerprint density at radius 1 is 1.00 bits per heavy atom. The average molecular weight is 444 g/mol. The number of piperazine rings is 1. The second-order valence-corrected chi connectivity index (χ2v) is 8.33. The van der Waals surface area contributed by atoms with Crippen molar-refractivity contribution in [1.29, 1.82) is 0 Å². The summed E-state index contributed by atoms with van der Waals surface area (Å²) in [5.74, 6) is -0.103. The van der Waals surface area contributed by atoms with Crippen molar-refractivity contribution < 1.29 is 19.4 Å². The van der Waals surface area contributed by atoms with Crippen LogP contribution in [0.25, 0.3) is 0 Å². The number of carbonyl (C=O) groups excluding carboxylic acids is 2. The lowest BCUT2D eigenvalue weighted by Gasteiger charge is -2.35. The summed E-state index contributed by atoms with van der Waals surface area (Å²) in [5, 5.41) is 11.6. The van der Waals surface area contributed by atoms with Gasteiger partial charge in [0.05, 0.1) is 31.1 Å². The summed E-state index contributed by atoms with van der Waals surface area (Å²) in [7, 11) is 0. The van der Waals surface area contributed by atoms with Crippen LogP contribution in [0, 0.1) is 0 Å². The van der Waals surface area contributed by atoms with Crippen LogP contribution < -0.4 is 5.32 Å². The molecule has 0 aromatic heterocycles. The fourth-order valence-electron chi connectivity index (χ4n) is 3.40. The number of anilines is 1. The Morgan fingerprint density at radius 3 is 2.39 bits per heavy atom. The van der Waals surface area contributed by atoms with Gasteiger partial charge in [-0.3, -0.25) is 14.5 Å². The molecule has 2 amide bonds. The molecule has 2 N–H and O–H groups in total. The molecule has 3 rings (SSSR count). The van der Waals surface area contributed by atoms with Crippen molar-refractivity contribution in [3.63, 3.8) is 0 Å². The third kappa shape index (κ3) is 6.80. The maximum absolute atomic E-state index is 13.3. The summed E-state index contributed by atoms with van der Waals surface area (Å²) in [6.07, 6.45) is 0. The number of nitrogens with zero attached hydrogens (tertiary/aromatic N) is 2. The zero-order valence-electron chi connectivity index (χ0n) is 17.8. The number of benzene rings is 2. The lowest BCUT2D eigenvalue weighted by molar-refractivity contribution is -0.114. The molecule has 0 spiro atoms. The summed E-state index contributed by atoms with van der Waals surface area (Å²) in [6, 6.07) is 15.2. The smallest absolute Gasteiger partial charge is 0.255 e. The Kier molecular flexibility index (Phi) is 8.90. The molecular weight excluding hydrogens is 414 g/mol. The van der Waals surface area contributed by atoms with Gasteiger partial charge in [0.15, 0.2) is 0 Å². The van der Waals surface area contributed by atoms with Crippen LogP contribution in [0.4, 0.5) is 5.69 Å². The summed E-state index contributed by atoms with van der Waals surface area (Å²) in [6.45, 7) is 6.20. The van der Waals surface area contributed by atoms with E-state index in [0.29, 0.717) is 31.9 Å². The van der Waals surface area contributed by atoms with Gasteiger partial charge in [-0.15, -0.1) is 0 Å². The molecule has 0 radical (unpaired) electrons. The zero-order valence-corrected chi connectivity index (χ0v) is 18.6. The first-order valence-electron chi connectivity index (χ1n) is 10.4. The van der Waals surface area contributed by atoms with E-state index in [0.717, 1.165) is 35.1 Å². The van der Waals surface area contributed by atoms with Crippen molar-refractivity contribution in [2.45, 2.75) is 16.7 Å². The van der Waals surface area contributed by atoms with Gasteiger partial charge in [0, 0.05) is 49.4 Å². The van der Waals surface area contributed by atoms with Gasteiger partial charge in [0.25, 0.3) is 5.91 Å². The van der Waals surface area contributed by atoms with Crippen LogP contribution in [0.15, 0.2) is 58.3 Å². The molecule has 166 valence electrons. The van der Waals surface area contributed by atoms with E-state index in [9.17, 15) is 9.59 Å². The summed E-state index contributed by atoms with van der Waals surface area (Å²) in [5.41, 5.74) is 1.41. The summed E-state index contributed by atoms with van der Waals surface area (Å²) >= 11 is 1.48. The Bertz CT molecular complexity index is 885. The lowest BCUT2D eigenvalue weighted by Crippen LogP contribution is -2.49. The monoisotopic (exact) mass is 443 g/mol. The molecule has 0 unspecified atom stereocenters. The molecule has 7 nitrogen and oxygen atoms in total. The third-order valence-electron chi connectivity index (χ3n) is 4.98. The Balaban J connectivity index is 1.65. The van der Waals surface area contributed by atoms with Gasteiger partial charge in [-0.05, 0) is 24.3 Å². The first-order chi connectivity index (χ1) is 15.1. The molecule has 0 bridgehead atoms. The Hall–Kier alpha value is -2.39. The van der Waals surface area contributed by atoms with Gasteiger partial charge in [-0.2, -0.15) is 0 Å². The number of aliphatic hydroxyl groups is 1. The maximum atomic E-state index is 13.3. The van der Waals surface area contributed by atoms with Gasteiger partial charge >= 0.3 is 0 Å². The minimum absolute atomic E-state index is 0.0243. The molecule has 8 heteroatoms. The Labute approximate surface area is 187 Å². The van der Waals surface area contributed by atoms with E-state index in [1.54, 1.807) is 0 Å². The second kappa shape index (κ2) is 11.9. The SMILES string of the molecule is CC(=O)Nc1ccccc1Sc1ccccc1C(=O)N1CCN(CCOCCO)CC1. The van der Waals surface area contributed by atoms with Crippen molar-refractivity contribution in [2.24, 2.45) is 0 Å². The number of carbonyl (C=O) groups is 2. The van der Waals surface area contributed by atoms with E-state index in [1.165, 1.54) is 18.7 Å². The molecule has 1 aliphatic rings. The fourth-order valence-corrected chi connectivity index (χ4v) is 4.43. The number of amides is 2. The van der Waals surface area contributed by atoms with Gasteiger partial charge in [-0.25, -0.2) is 0 Å². The molecule has 1 saturated heterocycles. The van der Waals surface area contributed by atoms with Crippen molar-refractivity contribution >= 4 is 29.3 Å². The molecule has 1 heterocycles. The normalized spacial score (nSPS) is 14.5. The highest BCUT2D eigenvalue weighted by molar-refractivity contribution is 7.99. The quantitative estimate of drug-likeness (QED) is 0.580. The van der Waals surface area contributed by atoms with Crippen LogP contribution >= 0.6 is 11.8 Å². The van der Waals surface area contributed by atoms with Gasteiger partial charge in [-0.1, -0.05) is 36.0 Å². The van der Waals surface area contributed by atoms with Crippen LogP contribution in [0.1, 0.15) is 17.3 Å². The minimum Gasteiger partial charge on any atom is -0.394 e. The first kappa shape index (κ1) is 23.3. The first-order valence-corrected chi connectivity index (χ1v) is 11.2. The molecule has 0 saturated carbocycles. The highest BCUT2D eigenvalue weighted by atomic mass is 32.2. The van der Waals surface area contributed by atoms with Gasteiger partial charge < -0.3 is 20.1 Å². The van der Waals surface area contributed by atoms with Crippen molar-refractivity contribution in [3.05, 3.63) is 54.1 Å². The molecule has 0 atom stereocenters. The van der Waals surface area contributed by atoms with E-state index >= 15 is 0 Å². The Morgan fingerprint density at radius 2 is 1.68 bits per heavy atom. The molecule has 2 aromatic carbocycles. The molecule has 1 fully saturated rings. The average Bonchev–Trinajstić information content (AvgIpc) is 2.78. The highest BCUT2D eigenvalue weighted by Gasteiger charge is 2.24. The van der Waals surface area contributed by atoms with Crippen LogP contribution in [0.3, 0.4) is 0 Å². The molecule has 0 aliphatic carbocycles. The van der Waals surface area contributed by atoms with Crippen molar-refractivity contribution in [3.8, 4) is 0 Å². The zero-order chi connectivity index (χ0) is 22.1. The molecular formula is C23H29N3O4S. The number of nitrogens with one attached hydrogen (secondary N) is 1. The second-order valence-electron chi connectivity index (χ2n) is 7.25. The van der Waals surface area contributed by atoms with E-state index in [4.69, 9.17) is 9.84 Å². The lowest BCUT2D eigenvalue weighted by atomic mass is 10.2. The van der Waals surface area contributed by atoms with Gasteiger partial charge in [0.2, 0.25) is 5.91 Å². The topological polar surface area (TPSA) is 82.1 Å². The number of aliphatic hydroxyl groups excluding tert-OH is 1. The van der Waals surface area contributed by atoms with E-state index < -0.39 is 0 Å². The predicted octanol–water partition coefficient (Wildman–Crippen LogP) is 2.56. The number of para-hydroxylation sites is 1. The fraction of sp³-hybridized carbons (Fsp3) is 0.391. The van der Waals surface area contributed by atoms with Crippen LogP contribution in [0.5, 0.6) is 0 Å². The van der Waals surface area contributed by atoms with Crippen LogP contribution in [0.2, 0.25) is 0 Å². The van der Waals surface area contributed by atoms with Crippen LogP contribution in [-0.2, 0) is 9.53 Å². The van der Waals surface area contributed by atoms with E-state index in [-0.39, 0.29) is 18.4 Å². The van der Waals surface area contributed by atoms with Crippen LogP contribution in [-0.4, -0.2) is 79.3 Å². The summed E-state index contributed by atoms with van der Waals surface area (Å²) < 4.78 is 5.33. The standard InChI is InChI=1S/C23H29N3O4S/c1-18(28)24-20-7-3-5-9-22(20)31-21-8-4-2-6-19(21)23(29)26-12-10-25(11-13-26)14-16-30-17-15-27/h2-9,27H,10-17H2,1H3,(H,24,28). The van der Waals surface area contributed by atoms with Crippen molar-refractivity contribution in [2.75, 3.05) is 57.9 Å². The predicted molar refractivity (Wildman–Crippen MR) is 122 cm³/mol. The maximum Gasteiger partial charge on any atom is 0.255 e. The number of hydrogen-bond acceptors (Lipinski definition) is 6. The molecule has 2 aromatic rings. The van der Waals surface area contributed by atoms with Crippen molar-refractivity contribution in [1.82, 2.24) is 9.80 Å². The number of hydrogen-bond donors (Lipinski definition) is 2. The van der Waals surface area contributed by atoms with E-state index in [1.807, 2.05) is 53.4 Å². The third-order valence-corrected chi connectivity index (χ3v) is 6.13. The molecule has 1 aliphatic heterocycles. The summed E-state index contributed by atoms with van der Waals surface area (Å²) in [4.78, 5) is 30.7. The molecule has 31 heavy (non-hydrogen) atoms. The van der Waals surface area contributed by atoms with E-state index in [2.05, 4.69) is 10.2 Å². The number of rotatable bonds is 9. The highest BCUT2D eigenvalue weighted by Crippen LogP contribution is 2.35. The minimum atomic E-state index is -0.128. The van der Waals surface area contributed by atoms with Gasteiger partial charge in [0.1, 0.15) is 0 Å². The largest absolute Gasteiger partial charge is 0.394 e.